The number of hydrogen-bond acceptors (Lipinski definition) is 6. The molecule has 5 aliphatic carbocycles. The highest BCUT2D eigenvalue weighted by molar-refractivity contribution is 5.93. The van der Waals surface area contributed by atoms with E-state index in [2.05, 4.69) is 84.9 Å². The third kappa shape index (κ3) is 5.24. The average molecular weight is 749 g/mol. The standard InChI is InChI=1S/C52H40N6/c1-5-14-34(15-6-1)46-53-47(35-16-7-2-8-17-35)56-50(55-46)38-24-25-41-44(31-38)52(39-27-32-26-33(29-39)30-40(52)28-32)43-23-13-22-42(45(41)43)51-57-48(36-18-9-3-10-19-36)54-49(58-51)37-20-11-4-12-21-37/h1-25,31-33,39-40H,26-30H2. The summed E-state index contributed by atoms with van der Waals surface area (Å²) in [6.07, 6.45) is 6.53. The van der Waals surface area contributed by atoms with Gasteiger partial charge in [-0.15, -0.1) is 0 Å². The summed E-state index contributed by atoms with van der Waals surface area (Å²) < 4.78 is 0. The Hall–Kier alpha value is -6.66. The minimum absolute atomic E-state index is 0.0980. The first kappa shape index (κ1) is 33.5. The van der Waals surface area contributed by atoms with E-state index in [-0.39, 0.29) is 5.41 Å². The van der Waals surface area contributed by atoms with Crippen molar-refractivity contribution in [2.45, 2.75) is 37.5 Å². The van der Waals surface area contributed by atoms with Crippen LogP contribution < -0.4 is 0 Å². The van der Waals surface area contributed by atoms with Crippen LogP contribution in [0.3, 0.4) is 0 Å². The van der Waals surface area contributed by atoms with Gasteiger partial charge in [0.25, 0.3) is 0 Å². The van der Waals surface area contributed by atoms with Crippen LogP contribution in [0.1, 0.15) is 43.2 Å². The molecule has 58 heavy (non-hydrogen) atoms. The van der Waals surface area contributed by atoms with Crippen molar-refractivity contribution in [1.29, 1.82) is 0 Å². The van der Waals surface area contributed by atoms with Crippen LogP contribution in [0.2, 0.25) is 0 Å². The van der Waals surface area contributed by atoms with Crippen LogP contribution in [0, 0.1) is 23.7 Å². The monoisotopic (exact) mass is 748 g/mol. The van der Waals surface area contributed by atoms with Crippen LogP contribution in [0.15, 0.2) is 158 Å². The highest BCUT2D eigenvalue weighted by atomic mass is 15.0. The van der Waals surface area contributed by atoms with Crippen molar-refractivity contribution in [3.63, 3.8) is 0 Å². The van der Waals surface area contributed by atoms with E-state index >= 15 is 0 Å². The fraction of sp³-hybridized carbons (Fsp3) is 0.192. The summed E-state index contributed by atoms with van der Waals surface area (Å²) in [4.78, 5) is 31.0. The van der Waals surface area contributed by atoms with Crippen molar-refractivity contribution < 1.29 is 0 Å². The molecule has 1 spiro atoms. The maximum Gasteiger partial charge on any atom is 0.164 e. The molecule has 8 aromatic rings. The maximum atomic E-state index is 5.27. The molecule has 6 heteroatoms. The Morgan fingerprint density at radius 1 is 0.328 bits per heavy atom. The molecule has 13 rings (SSSR count). The van der Waals surface area contributed by atoms with Gasteiger partial charge in [-0.3, -0.25) is 0 Å². The first-order valence-corrected chi connectivity index (χ1v) is 20.7. The quantitative estimate of drug-likeness (QED) is 0.168. The zero-order valence-corrected chi connectivity index (χ0v) is 32.0. The third-order valence-corrected chi connectivity index (χ3v) is 13.6. The van der Waals surface area contributed by atoms with Gasteiger partial charge in [0.15, 0.2) is 34.9 Å². The van der Waals surface area contributed by atoms with Crippen molar-refractivity contribution in [1.82, 2.24) is 29.9 Å². The fourth-order valence-corrected chi connectivity index (χ4v) is 11.4. The summed E-state index contributed by atoms with van der Waals surface area (Å²) in [6.45, 7) is 0. The van der Waals surface area contributed by atoms with Gasteiger partial charge in [0, 0.05) is 38.8 Å². The highest BCUT2D eigenvalue weighted by Gasteiger charge is 2.62. The molecule has 6 nitrogen and oxygen atoms in total. The third-order valence-electron chi connectivity index (χ3n) is 13.6. The van der Waals surface area contributed by atoms with Crippen LogP contribution in [-0.4, -0.2) is 29.9 Å². The Labute approximate surface area is 338 Å². The maximum absolute atomic E-state index is 5.27. The Kier molecular flexibility index (Phi) is 7.62. The van der Waals surface area contributed by atoms with Crippen molar-refractivity contribution in [3.8, 4) is 79.5 Å². The summed E-state index contributed by atoms with van der Waals surface area (Å²) in [5, 5.41) is 0. The first-order valence-electron chi connectivity index (χ1n) is 20.7. The zero-order valence-electron chi connectivity index (χ0n) is 32.0. The van der Waals surface area contributed by atoms with Crippen molar-refractivity contribution >= 4 is 0 Å². The van der Waals surface area contributed by atoms with Gasteiger partial charge in [-0.25, -0.2) is 29.9 Å². The molecule has 4 saturated carbocycles. The van der Waals surface area contributed by atoms with Crippen LogP contribution in [-0.2, 0) is 5.41 Å². The molecule has 5 aliphatic rings. The molecule has 0 aliphatic heterocycles. The second-order valence-corrected chi connectivity index (χ2v) is 16.7. The lowest BCUT2D eigenvalue weighted by atomic mass is 9.43. The van der Waals surface area contributed by atoms with Gasteiger partial charge >= 0.3 is 0 Å². The summed E-state index contributed by atoms with van der Waals surface area (Å²) >= 11 is 0. The minimum atomic E-state index is -0.0980. The van der Waals surface area contributed by atoms with Gasteiger partial charge in [0.2, 0.25) is 0 Å². The Bertz CT molecular complexity index is 2700. The molecule has 4 fully saturated rings. The molecular formula is C52H40N6. The summed E-state index contributed by atoms with van der Waals surface area (Å²) in [6, 6.07) is 55.0. The van der Waals surface area contributed by atoms with Crippen molar-refractivity contribution in [3.05, 3.63) is 169 Å². The smallest absolute Gasteiger partial charge is 0.164 e. The predicted molar refractivity (Wildman–Crippen MR) is 229 cm³/mol. The molecule has 4 bridgehead atoms. The van der Waals surface area contributed by atoms with E-state index in [9.17, 15) is 0 Å². The highest BCUT2D eigenvalue weighted by Crippen LogP contribution is 2.70. The molecule has 0 atom stereocenters. The minimum Gasteiger partial charge on any atom is -0.208 e. The molecule has 0 N–H and O–H groups in total. The molecule has 0 amide bonds. The number of benzene rings is 6. The van der Waals surface area contributed by atoms with Gasteiger partial charge in [0.05, 0.1) is 0 Å². The van der Waals surface area contributed by atoms with Gasteiger partial charge in [-0.05, 0) is 84.1 Å². The lowest BCUT2D eigenvalue weighted by molar-refractivity contribution is -0.0399. The van der Waals surface area contributed by atoms with Gasteiger partial charge in [0.1, 0.15) is 0 Å². The van der Waals surface area contributed by atoms with Gasteiger partial charge in [-0.1, -0.05) is 152 Å². The van der Waals surface area contributed by atoms with Crippen LogP contribution >= 0.6 is 0 Å². The lowest BCUT2D eigenvalue weighted by Crippen LogP contribution is -2.55. The van der Waals surface area contributed by atoms with Crippen molar-refractivity contribution in [2.75, 3.05) is 0 Å². The second kappa shape index (κ2) is 13.2. The number of hydrogen-bond donors (Lipinski definition) is 0. The molecule has 0 radical (unpaired) electrons. The van der Waals surface area contributed by atoms with E-state index in [0.29, 0.717) is 46.8 Å². The van der Waals surface area contributed by atoms with E-state index in [4.69, 9.17) is 29.9 Å². The zero-order chi connectivity index (χ0) is 38.2. The Morgan fingerprint density at radius 3 is 1.19 bits per heavy atom. The van der Waals surface area contributed by atoms with E-state index in [1.165, 1.54) is 54.4 Å². The SMILES string of the molecule is c1ccc(-c2nc(-c3ccccc3)nc(-c3ccc4c(c3)C3(c5cccc(-c6nc(-c7ccccc7)nc(-c7ccccc7)n6)c5-4)C4CC5CC(C4)CC3C5)n2)cc1. The van der Waals surface area contributed by atoms with Gasteiger partial charge < -0.3 is 0 Å². The number of aromatic nitrogens is 6. The molecule has 2 heterocycles. The molecular weight excluding hydrogens is 709 g/mol. The molecule has 2 aromatic heterocycles. The predicted octanol–water partition coefficient (Wildman–Crippen LogP) is 11.8. The van der Waals surface area contributed by atoms with Crippen LogP contribution in [0.25, 0.3) is 79.5 Å². The fourth-order valence-electron chi connectivity index (χ4n) is 11.4. The average Bonchev–Trinajstić information content (AvgIpc) is 3.59. The molecule has 0 saturated heterocycles. The number of nitrogens with zero attached hydrogens (tertiary/aromatic N) is 6. The summed E-state index contributed by atoms with van der Waals surface area (Å²) in [5.41, 5.74) is 11.3. The first-order chi connectivity index (χ1) is 28.7. The number of fused-ring (bicyclic) bond motifs is 3. The Balaban J connectivity index is 1.08. The van der Waals surface area contributed by atoms with E-state index in [1.807, 2.05) is 72.8 Å². The van der Waals surface area contributed by atoms with Crippen molar-refractivity contribution in [2.24, 2.45) is 23.7 Å². The normalized spacial score (nSPS) is 22.2. The summed E-state index contributed by atoms with van der Waals surface area (Å²) in [5.74, 6) is 6.91. The summed E-state index contributed by atoms with van der Waals surface area (Å²) in [7, 11) is 0. The topological polar surface area (TPSA) is 77.3 Å². The van der Waals surface area contributed by atoms with Crippen LogP contribution in [0.5, 0.6) is 0 Å². The van der Waals surface area contributed by atoms with E-state index in [0.717, 1.165) is 45.2 Å². The second-order valence-electron chi connectivity index (χ2n) is 16.7. The Morgan fingerprint density at radius 2 is 0.741 bits per heavy atom. The lowest BCUT2D eigenvalue weighted by Gasteiger charge is -2.61. The van der Waals surface area contributed by atoms with Crippen LogP contribution in [0.4, 0.5) is 0 Å². The molecule has 0 unspecified atom stereocenters. The van der Waals surface area contributed by atoms with E-state index in [1.54, 1.807) is 0 Å². The van der Waals surface area contributed by atoms with E-state index < -0.39 is 0 Å². The largest absolute Gasteiger partial charge is 0.208 e. The van der Waals surface area contributed by atoms with Gasteiger partial charge in [-0.2, -0.15) is 0 Å². The molecule has 278 valence electrons. The molecule has 6 aromatic carbocycles. The number of rotatable bonds is 6.